The highest BCUT2D eigenvalue weighted by atomic mass is 35.5. The third kappa shape index (κ3) is 4.01. The maximum Gasteiger partial charge on any atom is 0.405 e. The van der Waals surface area contributed by atoms with Gasteiger partial charge in [0.1, 0.15) is 0 Å². The van der Waals surface area contributed by atoms with Crippen LogP contribution in [0, 0.1) is 11.8 Å². The largest absolute Gasteiger partial charge is 0.465 e. The molecule has 0 saturated heterocycles. The summed E-state index contributed by atoms with van der Waals surface area (Å²) in [6, 6.07) is 6.94. The van der Waals surface area contributed by atoms with Gasteiger partial charge in [0.2, 0.25) is 0 Å². The van der Waals surface area contributed by atoms with Crippen molar-refractivity contribution >= 4 is 23.6 Å². The number of halogens is 1. The number of benzene rings is 1. The second kappa shape index (κ2) is 6.82. The van der Waals surface area contributed by atoms with Gasteiger partial charge in [0.25, 0.3) is 5.91 Å². The number of hydrogen-bond donors (Lipinski definition) is 2. The van der Waals surface area contributed by atoms with Gasteiger partial charge >= 0.3 is 6.09 Å². The van der Waals surface area contributed by atoms with Crippen molar-refractivity contribution in [3.8, 4) is 11.8 Å². The summed E-state index contributed by atoms with van der Waals surface area (Å²) in [4.78, 5) is 24.3. The molecule has 1 aliphatic rings. The molecule has 1 atom stereocenters. The molecule has 1 heterocycles. The van der Waals surface area contributed by atoms with E-state index >= 15 is 0 Å². The monoisotopic (exact) mass is 304 g/mol. The highest BCUT2D eigenvalue weighted by Crippen LogP contribution is 2.17. The summed E-state index contributed by atoms with van der Waals surface area (Å²) in [5.74, 6) is 5.30. The van der Waals surface area contributed by atoms with Gasteiger partial charge in [-0.15, -0.1) is 11.6 Å². The molecule has 0 aromatic heterocycles. The maximum absolute atomic E-state index is 12.4. The molecule has 108 valence electrons. The SMILES string of the molecule is O=C(O)NCC#Cc1ccccc1C(=O)N1C=CC(Cl)C1. The van der Waals surface area contributed by atoms with E-state index in [0.29, 0.717) is 17.7 Å². The lowest BCUT2D eigenvalue weighted by atomic mass is 10.1. The van der Waals surface area contributed by atoms with Gasteiger partial charge in [-0.1, -0.05) is 24.0 Å². The third-order valence-electron chi connectivity index (χ3n) is 2.82. The Morgan fingerprint density at radius 3 is 2.86 bits per heavy atom. The van der Waals surface area contributed by atoms with Crippen molar-refractivity contribution in [2.24, 2.45) is 0 Å². The van der Waals surface area contributed by atoms with Crippen molar-refractivity contribution in [1.82, 2.24) is 10.2 Å². The fourth-order valence-electron chi connectivity index (χ4n) is 1.85. The van der Waals surface area contributed by atoms with Gasteiger partial charge in [0, 0.05) is 18.3 Å². The average molecular weight is 305 g/mol. The Kier molecular flexibility index (Phi) is 4.85. The molecule has 2 amide bonds. The molecule has 1 unspecified atom stereocenters. The summed E-state index contributed by atoms with van der Waals surface area (Å²) in [6.45, 7) is 0.438. The second-order valence-corrected chi connectivity index (χ2v) is 4.88. The number of hydrogen-bond acceptors (Lipinski definition) is 2. The Morgan fingerprint density at radius 2 is 2.19 bits per heavy atom. The lowest BCUT2D eigenvalue weighted by Crippen LogP contribution is -2.27. The van der Waals surface area contributed by atoms with Gasteiger partial charge in [-0.3, -0.25) is 4.79 Å². The number of nitrogens with one attached hydrogen (secondary N) is 1. The predicted molar refractivity (Wildman–Crippen MR) is 79.2 cm³/mol. The predicted octanol–water partition coefficient (Wildman–Crippen LogP) is 1.88. The average Bonchev–Trinajstić information content (AvgIpc) is 2.90. The van der Waals surface area contributed by atoms with Crippen LogP contribution in [0.25, 0.3) is 0 Å². The maximum atomic E-state index is 12.4. The van der Waals surface area contributed by atoms with Crippen LogP contribution in [-0.4, -0.2) is 40.5 Å². The molecule has 1 aliphatic heterocycles. The molecule has 1 aromatic rings. The smallest absolute Gasteiger partial charge is 0.405 e. The van der Waals surface area contributed by atoms with Crippen molar-refractivity contribution in [3.63, 3.8) is 0 Å². The summed E-state index contributed by atoms with van der Waals surface area (Å²) in [7, 11) is 0. The topological polar surface area (TPSA) is 69.6 Å². The molecule has 0 radical (unpaired) electrons. The molecule has 0 saturated carbocycles. The van der Waals surface area contributed by atoms with E-state index in [-0.39, 0.29) is 17.8 Å². The highest BCUT2D eigenvalue weighted by molar-refractivity contribution is 6.22. The minimum atomic E-state index is -1.14. The zero-order valence-electron chi connectivity index (χ0n) is 11.0. The molecule has 1 aromatic carbocycles. The number of carboxylic acid groups (broad SMARTS) is 1. The van der Waals surface area contributed by atoms with Gasteiger partial charge in [0.15, 0.2) is 0 Å². The van der Waals surface area contributed by atoms with Crippen LogP contribution in [0.1, 0.15) is 15.9 Å². The lowest BCUT2D eigenvalue weighted by molar-refractivity contribution is 0.0833. The van der Waals surface area contributed by atoms with E-state index in [9.17, 15) is 9.59 Å². The quantitative estimate of drug-likeness (QED) is 0.647. The van der Waals surface area contributed by atoms with Crippen LogP contribution in [0.3, 0.4) is 0 Å². The number of rotatable bonds is 2. The summed E-state index contributed by atoms with van der Waals surface area (Å²) < 4.78 is 0. The Bertz CT molecular complexity index is 646. The van der Waals surface area contributed by atoms with Crippen LogP contribution >= 0.6 is 11.6 Å². The minimum absolute atomic E-state index is 0.00519. The molecule has 2 rings (SSSR count). The molecule has 6 heteroatoms. The third-order valence-corrected chi connectivity index (χ3v) is 3.10. The van der Waals surface area contributed by atoms with Crippen LogP contribution in [0.5, 0.6) is 0 Å². The zero-order chi connectivity index (χ0) is 15.2. The van der Waals surface area contributed by atoms with E-state index in [0.717, 1.165) is 0 Å². The molecule has 2 N–H and O–H groups in total. The van der Waals surface area contributed by atoms with Crippen molar-refractivity contribution in [1.29, 1.82) is 0 Å². The summed E-state index contributed by atoms with van der Waals surface area (Å²) >= 11 is 5.94. The first-order valence-electron chi connectivity index (χ1n) is 6.26. The van der Waals surface area contributed by atoms with Crippen molar-refractivity contribution in [2.45, 2.75) is 5.38 Å². The van der Waals surface area contributed by atoms with Crippen molar-refractivity contribution in [2.75, 3.05) is 13.1 Å². The normalized spacial score (nSPS) is 16.2. The van der Waals surface area contributed by atoms with E-state index in [1.807, 2.05) is 0 Å². The van der Waals surface area contributed by atoms with Gasteiger partial charge in [0.05, 0.1) is 17.5 Å². The number of amides is 2. The first kappa shape index (κ1) is 14.9. The van der Waals surface area contributed by atoms with Crippen molar-refractivity contribution < 1.29 is 14.7 Å². The van der Waals surface area contributed by atoms with E-state index in [1.54, 1.807) is 36.5 Å². The molecule has 5 nitrogen and oxygen atoms in total. The van der Waals surface area contributed by atoms with E-state index < -0.39 is 6.09 Å². The molecule has 21 heavy (non-hydrogen) atoms. The first-order valence-corrected chi connectivity index (χ1v) is 6.69. The first-order chi connectivity index (χ1) is 10.1. The summed E-state index contributed by atoms with van der Waals surface area (Å²) in [6.07, 6.45) is 2.28. The van der Waals surface area contributed by atoms with E-state index in [1.165, 1.54) is 4.90 Å². The van der Waals surface area contributed by atoms with Crippen LogP contribution in [0.4, 0.5) is 4.79 Å². The van der Waals surface area contributed by atoms with E-state index in [2.05, 4.69) is 17.2 Å². The number of carbonyl (C=O) groups is 2. The minimum Gasteiger partial charge on any atom is -0.465 e. The Labute approximate surface area is 127 Å². The van der Waals surface area contributed by atoms with Crippen LogP contribution in [0.15, 0.2) is 36.5 Å². The molecule has 0 bridgehead atoms. The number of alkyl halides is 1. The van der Waals surface area contributed by atoms with Crippen molar-refractivity contribution in [3.05, 3.63) is 47.7 Å². The van der Waals surface area contributed by atoms with Crippen LogP contribution in [0.2, 0.25) is 0 Å². The van der Waals surface area contributed by atoms with Crippen LogP contribution in [-0.2, 0) is 0 Å². The molecule has 0 aliphatic carbocycles. The number of nitrogens with zero attached hydrogens (tertiary/aromatic N) is 1. The highest BCUT2D eigenvalue weighted by Gasteiger charge is 2.22. The Morgan fingerprint density at radius 1 is 1.43 bits per heavy atom. The molecular weight excluding hydrogens is 292 g/mol. The lowest BCUT2D eigenvalue weighted by Gasteiger charge is -2.15. The van der Waals surface area contributed by atoms with Crippen LogP contribution < -0.4 is 5.32 Å². The molecular formula is C15H13ClN2O3. The molecule has 0 spiro atoms. The van der Waals surface area contributed by atoms with Gasteiger partial charge in [-0.05, 0) is 18.2 Å². The van der Waals surface area contributed by atoms with Gasteiger partial charge in [-0.2, -0.15) is 0 Å². The van der Waals surface area contributed by atoms with Gasteiger partial charge < -0.3 is 15.3 Å². The Hall–Kier alpha value is -2.45. The number of carbonyl (C=O) groups excluding carboxylic acids is 1. The molecule has 0 fully saturated rings. The fraction of sp³-hybridized carbons (Fsp3) is 0.200. The summed E-state index contributed by atoms with van der Waals surface area (Å²) in [5, 5.41) is 10.4. The second-order valence-electron chi connectivity index (χ2n) is 4.32. The van der Waals surface area contributed by atoms with E-state index in [4.69, 9.17) is 16.7 Å². The zero-order valence-corrected chi connectivity index (χ0v) is 11.8. The fourth-order valence-corrected chi connectivity index (χ4v) is 2.06. The van der Waals surface area contributed by atoms with Gasteiger partial charge in [-0.25, -0.2) is 4.79 Å². The standard InChI is InChI=1S/C15H13ClN2O3/c16-12-7-9-18(10-12)14(19)13-6-2-1-4-11(13)5-3-8-17-15(20)21/h1-2,4,6-7,9,12,17H,8,10H2,(H,20,21). The Balaban J connectivity index is 2.15. The summed E-state index contributed by atoms with van der Waals surface area (Å²) in [5.41, 5.74) is 1.02.